The average Bonchev–Trinajstić information content (AvgIpc) is 3.41. The summed E-state index contributed by atoms with van der Waals surface area (Å²) < 4.78 is 39.5. The van der Waals surface area contributed by atoms with Crippen molar-refractivity contribution in [3.8, 4) is 33.6 Å². The van der Waals surface area contributed by atoms with Crippen LogP contribution in [-0.4, -0.2) is 0 Å². The van der Waals surface area contributed by atoms with Crippen molar-refractivity contribution in [2.24, 2.45) is 0 Å². The minimum atomic E-state index is -0.227. The molecule has 0 unspecified atom stereocenters. The molecule has 0 aliphatic carbocycles. The van der Waals surface area contributed by atoms with Gasteiger partial charge in [0.2, 0.25) is 0 Å². The van der Waals surface area contributed by atoms with Crippen molar-refractivity contribution in [2.75, 3.05) is 0 Å². The largest absolute Gasteiger partial charge is 0.456 e. The maximum atomic E-state index is 8.70. The van der Waals surface area contributed by atoms with Crippen LogP contribution < -0.4 is 0 Å². The average molecular weight is 451 g/mol. The summed E-state index contributed by atoms with van der Waals surface area (Å²) in [6.07, 6.45) is 0. The number of rotatable bonds is 3. The van der Waals surface area contributed by atoms with E-state index in [-0.39, 0.29) is 24.2 Å². The van der Waals surface area contributed by atoms with Crippen molar-refractivity contribution in [1.29, 1.82) is 0 Å². The van der Waals surface area contributed by atoms with Gasteiger partial charge in [0.25, 0.3) is 0 Å². The molecule has 1 aromatic heterocycles. The van der Waals surface area contributed by atoms with E-state index < -0.39 is 0 Å². The Balaban J connectivity index is 1.54. The first-order valence-electron chi connectivity index (χ1n) is 13.6. The van der Waals surface area contributed by atoms with Crippen LogP contribution in [0.15, 0.2) is 138 Å². The lowest BCUT2D eigenvalue weighted by Crippen LogP contribution is -1.90. The number of fused-ring (bicyclic) bond motifs is 3. The SMILES string of the molecule is [2H]c1cc(-c2c3ccccc3c(-c3ccc4oc(-c5ccccc5)cc4c3)c3ccccc23)c([2H])c([2H])c1[2H]. The smallest absolute Gasteiger partial charge is 0.135 e. The summed E-state index contributed by atoms with van der Waals surface area (Å²) in [5.41, 5.74) is 5.29. The predicted octanol–water partition coefficient (Wildman–Crippen LogP) is 9.74. The van der Waals surface area contributed by atoms with Gasteiger partial charge in [-0.2, -0.15) is 0 Å². The zero-order chi connectivity index (χ0) is 26.7. The van der Waals surface area contributed by atoms with E-state index in [1.54, 1.807) is 6.07 Å². The third kappa shape index (κ3) is 3.25. The van der Waals surface area contributed by atoms with Crippen LogP contribution in [-0.2, 0) is 0 Å². The van der Waals surface area contributed by atoms with Crippen LogP contribution in [0.2, 0.25) is 0 Å². The van der Waals surface area contributed by atoms with Crippen molar-refractivity contribution in [1.82, 2.24) is 0 Å². The molecule has 0 N–H and O–H groups in total. The van der Waals surface area contributed by atoms with Gasteiger partial charge in [-0.3, -0.25) is 0 Å². The number of hydrogen-bond donors (Lipinski definition) is 0. The van der Waals surface area contributed by atoms with Crippen LogP contribution >= 0.6 is 0 Å². The van der Waals surface area contributed by atoms with Gasteiger partial charge in [0.05, 0.1) is 5.48 Å². The third-order valence-electron chi connectivity index (χ3n) is 6.61. The van der Waals surface area contributed by atoms with Gasteiger partial charge in [-0.15, -0.1) is 0 Å². The molecule has 0 fully saturated rings. The second kappa shape index (κ2) is 8.00. The first-order chi connectivity index (χ1) is 19.0. The molecule has 0 aliphatic heterocycles. The highest BCUT2D eigenvalue weighted by Gasteiger charge is 2.17. The number of hydrogen-bond acceptors (Lipinski definition) is 1. The molecule has 1 heterocycles. The Morgan fingerprint density at radius 1 is 0.486 bits per heavy atom. The van der Waals surface area contributed by atoms with Crippen LogP contribution in [0.5, 0.6) is 0 Å². The van der Waals surface area contributed by atoms with Gasteiger partial charge in [-0.05, 0) is 62.0 Å². The van der Waals surface area contributed by atoms with E-state index in [2.05, 4.69) is 30.3 Å². The van der Waals surface area contributed by atoms with Crippen LogP contribution in [0.25, 0.3) is 66.1 Å². The highest BCUT2D eigenvalue weighted by molar-refractivity contribution is 6.21. The predicted molar refractivity (Wildman–Crippen MR) is 148 cm³/mol. The fraction of sp³-hybridized carbons (Fsp3) is 0. The van der Waals surface area contributed by atoms with E-state index in [4.69, 9.17) is 9.90 Å². The molecule has 0 aliphatic rings. The monoisotopic (exact) mass is 450 g/mol. The Morgan fingerprint density at radius 3 is 1.80 bits per heavy atom. The van der Waals surface area contributed by atoms with Crippen LogP contribution in [0.3, 0.4) is 0 Å². The molecule has 0 amide bonds. The molecule has 7 aromatic rings. The molecule has 0 bridgehead atoms. The van der Waals surface area contributed by atoms with E-state index in [1.807, 2.05) is 72.8 Å². The first kappa shape index (κ1) is 16.1. The van der Waals surface area contributed by atoms with E-state index in [1.165, 1.54) is 0 Å². The quantitative estimate of drug-likeness (QED) is 0.244. The highest BCUT2D eigenvalue weighted by Crippen LogP contribution is 2.44. The molecule has 164 valence electrons. The summed E-state index contributed by atoms with van der Waals surface area (Å²) in [5.74, 6) is 0.825. The molecule has 1 heteroatoms. The Kier molecular flexibility index (Phi) is 3.68. The Hall–Kier alpha value is -4.62. The summed E-state index contributed by atoms with van der Waals surface area (Å²) in [7, 11) is 0. The fourth-order valence-electron chi connectivity index (χ4n) is 5.09. The minimum absolute atomic E-state index is 0.0349. The van der Waals surface area contributed by atoms with Crippen molar-refractivity contribution >= 4 is 32.5 Å². The van der Waals surface area contributed by atoms with Crippen molar-refractivity contribution in [3.05, 3.63) is 133 Å². The summed E-state index contributed by atoms with van der Waals surface area (Å²) >= 11 is 0. The molecule has 0 atom stereocenters. The molecular formula is C34H22O. The second-order valence-corrected chi connectivity index (χ2v) is 8.65. The van der Waals surface area contributed by atoms with Gasteiger partial charge in [0.15, 0.2) is 0 Å². The van der Waals surface area contributed by atoms with Gasteiger partial charge in [-0.1, -0.05) is 115 Å². The maximum absolute atomic E-state index is 8.70. The molecule has 6 aromatic carbocycles. The van der Waals surface area contributed by atoms with Gasteiger partial charge in [0.1, 0.15) is 11.3 Å². The second-order valence-electron chi connectivity index (χ2n) is 8.65. The van der Waals surface area contributed by atoms with Gasteiger partial charge in [-0.25, -0.2) is 0 Å². The fourth-order valence-corrected chi connectivity index (χ4v) is 5.09. The van der Waals surface area contributed by atoms with Crippen molar-refractivity contribution < 1.29 is 9.90 Å². The summed E-state index contributed by atoms with van der Waals surface area (Å²) in [6, 6.07) is 35.6. The lowest BCUT2D eigenvalue weighted by Gasteiger charge is -2.17. The molecule has 0 spiro atoms. The van der Waals surface area contributed by atoms with Crippen LogP contribution in [0.1, 0.15) is 5.48 Å². The topological polar surface area (TPSA) is 13.1 Å². The third-order valence-corrected chi connectivity index (χ3v) is 6.61. The van der Waals surface area contributed by atoms with E-state index in [0.29, 0.717) is 5.56 Å². The standard InChI is InChI=1S/C34H22O/c1-3-11-23(12-4-1)32-22-26-21-25(19-20-31(26)35-32)34-29-17-9-7-15-27(29)33(24-13-5-2-6-14-24)28-16-8-10-18-30(28)34/h1-22H/i2D,5D,6D,13D. The van der Waals surface area contributed by atoms with E-state index >= 15 is 0 Å². The Morgan fingerprint density at radius 2 is 1.11 bits per heavy atom. The lowest BCUT2D eigenvalue weighted by atomic mass is 9.86. The zero-order valence-corrected chi connectivity index (χ0v) is 18.8. The lowest BCUT2D eigenvalue weighted by molar-refractivity contribution is 0.631. The zero-order valence-electron chi connectivity index (χ0n) is 22.8. The number of benzene rings is 6. The number of furan rings is 1. The molecule has 35 heavy (non-hydrogen) atoms. The Bertz CT molecular complexity index is 2000. The molecule has 7 rings (SSSR count). The maximum Gasteiger partial charge on any atom is 0.135 e. The summed E-state index contributed by atoms with van der Waals surface area (Å²) in [4.78, 5) is 0. The van der Waals surface area contributed by atoms with Crippen LogP contribution in [0, 0.1) is 0 Å². The van der Waals surface area contributed by atoms with E-state index in [0.717, 1.165) is 60.5 Å². The first-order valence-corrected chi connectivity index (χ1v) is 11.6. The molecule has 0 radical (unpaired) electrons. The normalized spacial score (nSPS) is 13.0. The van der Waals surface area contributed by atoms with Gasteiger partial charge < -0.3 is 4.42 Å². The van der Waals surface area contributed by atoms with Gasteiger partial charge >= 0.3 is 0 Å². The summed E-state index contributed by atoms with van der Waals surface area (Å²) in [6.45, 7) is 0. The summed E-state index contributed by atoms with van der Waals surface area (Å²) in [5, 5.41) is 4.93. The molecule has 0 saturated heterocycles. The molecule has 0 saturated carbocycles. The highest BCUT2D eigenvalue weighted by atomic mass is 16.3. The Labute approximate surface area is 209 Å². The van der Waals surface area contributed by atoms with Crippen LogP contribution in [0.4, 0.5) is 0 Å². The van der Waals surface area contributed by atoms with Crippen molar-refractivity contribution in [2.45, 2.75) is 0 Å². The minimum Gasteiger partial charge on any atom is -0.456 e. The molecule has 1 nitrogen and oxygen atoms in total. The van der Waals surface area contributed by atoms with Gasteiger partial charge in [0, 0.05) is 10.9 Å². The van der Waals surface area contributed by atoms with Crippen molar-refractivity contribution in [3.63, 3.8) is 0 Å². The van der Waals surface area contributed by atoms with E-state index in [9.17, 15) is 0 Å². The molecular weight excluding hydrogens is 424 g/mol.